The number of aromatic nitrogens is 4. The molecule has 0 bridgehead atoms. The molecule has 140 valence electrons. The lowest BCUT2D eigenvalue weighted by Gasteiger charge is -2.06. The lowest BCUT2D eigenvalue weighted by Crippen LogP contribution is -2.02. The molecule has 2 heterocycles. The Kier molecular flexibility index (Phi) is 5.95. The highest BCUT2D eigenvalue weighted by Crippen LogP contribution is 2.32. The van der Waals surface area contributed by atoms with Gasteiger partial charge in [-0.3, -0.25) is 0 Å². The van der Waals surface area contributed by atoms with Crippen molar-refractivity contribution in [3.05, 3.63) is 65.5 Å². The first-order valence-corrected chi connectivity index (χ1v) is 11.6. The van der Waals surface area contributed by atoms with E-state index in [9.17, 15) is 0 Å². The van der Waals surface area contributed by atoms with E-state index < -0.39 is 0 Å². The monoisotopic (exact) mass is 423 g/mol. The third kappa shape index (κ3) is 4.22. The molecular formula is C20H17N5S3. The Bertz CT molecular complexity index is 1090. The fourth-order valence-corrected chi connectivity index (χ4v) is 5.70. The summed E-state index contributed by atoms with van der Waals surface area (Å²) in [7, 11) is 0. The van der Waals surface area contributed by atoms with E-state index in [-0.39, 0.29) is 0 Å². The number of thiazole rings is 1. The van der Waals surface area contributed by atoms with Crippen LogP contribution >= 0.6 is 34.9 Å². The zero-order chi connectivity index (χ0) is 19.3. The number of benzene rings is 2. The number of hydrogen-bond acceptors (Lipinski definition) is 7. The fourth-order valence-electron chi connectivity index (χ4n) is 2.71. The van der Waals surface area contributed by atoms with Crippen molar-refractivity contribution in [2.45, 2.75) is 34.5 Å². The van der Waals surface area contributed by atoms with Gasteiger partial charge in [-0.25, -0.2) is 4.98 Å². The topological polar surface area (TPSA) is 67.4 Å². The molecule has 2 aromatic carbocycles. The van der Waals surface area contributed by atoms with Gasteiger partial charge in [0, 0.05) is 12.3 Å². The standard InChI is InChI=1S/C20H17N5S3/c1-2-25-18(13-27-20-22-16-5-3-4-6-17(16)28-20)23-24-19(25)26-12-15-9-7-14(11-21)8-10-15/h3-10H,2,12-13H2,1H3. The second-order valence-corrected chi connectivity index (χ2v) is 9.17. The van der Waals surface area contributed by atoms with Gasteiger partial charge in [-0.15, -0.1) is 21.5 Å². The smallest absolute Gasteiger partial charge is 0.191 e. The van der Waals surface area contributed by atoms with Crippen LogP contribution in [0.25, 0.3) is 10.2 Å². The molecule has 0 fully saturated rings. The molecule has 0 saturated carbocycles. The normalized spacial score (nSPS) is 11.0. The third-order valence-electron chi connectivity index (χ3n) is 4.16. The minimum Gasteiger partial charge on any atom is -0.306 e. The zero-order valence-corrected chi connectivity index (χ0v) is 17.7. The maximum absolute atomic E-state index is 8.90. The van der Waals surface area contributed by atoms with Gasteiger partial charge in [0.15, 0.2) is 9.50 Å². The number of hydrogen-bond donors (Lipinski definition) is 0. The van der Waals surface area contributed by atoms with Crippen LogP contribution in [0.3, 0.4) is 0 Å². The Morgan fingerprint density at radius 3 is 2.61 bits per heavy atom. The largest absolute Gasteiger partial charge is 0.306 e. The average Bonchev–Trinajstić information content (AvgIpc) is 3.33. The van der Waals surface area contributed by atoms with Crippen molar-refractivity contribution in [3.63, 3.8) is 0 Å². The molecule has 0 unspecified atom stereocenters. The minimum absolute atomic E-state index is 0.680. The summed E-state index contributed by atoms with van der Waals surface area (Å²) < 4.78 is 4.42. The Balaban J connectivity index is 1.42. The van der Waals surface area contributed by atoms with Crippen LogP contribution in [0.2, 0.25) is 0 Å². The Morgan fingerprint density at radius 1 is 1.04 bits per heavy atom. The number of thioether (sulfide) groups is 2. The Hall–Kier alpha value is -2.34. The molecule has 28 heavy (non-hydrogen) atoms. The summed E-state index contributed by atoms with van der Waals surface area (Å²) in [6, 6.07) is 18.0. The summed E-state index contributed by atoms with van der Waals surface area (Å²) in [6.07, 6.45) is 0. The van der Waals surface area contributed by atoms with Crippen molar-refractivity contribution >= 4 is 45.1 Å². The van der Waals surface area contributed by atoms with Gasteiger partial charge < -0.3 is 4.57 Å². The number of rotatable bonds is 7. The van der Waals surface area contributed by atoms with Crippen molar-refractivity contribution in [1.29, 1.82) is 5.26 Å². The predicted octanol–water partition coefficient (Wildman–Crippen LogP) is 5.36. The van der Waals surface area contributed by atoms with Crippen molar-refractivity contribution in [1.82, 2.24) is 19.7 Å². The number of fused-ring (bicyclic) bond motifs is 1. The molecule has 5 nitrogen and oxygen atoms in total. The summed E-state index contributed by atoms with van der Waals surface area (Å²) in [5, 5.41) is 18.6. The Morgan fingerprint density at radius 2 is 1.86 bits per heavy atom. The van der Waals surface area contributed by atoms with Crippen LogP contribution in [0.5, 0.6) is 0 Å². The molecule has 0 amide bonds. The van der Waals surface area contributed by atoms with Gasteiger partial charge in [-0.05, 0) is 36.8 Å². The SMILES string of the molecule is CCn1c(CSc2nc3ccccc3s2)nnc1SCc1ccc(C#N)cc1. The molecule has 2 aromatic heterocycles. The molecule has 0 radical (unpaired) electrons. The second kappa shape index (κ2) is 8.78. The molecule has 0 N–H and O–H groups in total. The van der Waals surface area contributed by atoms with E-state index in [1.807, 2.05) is 42.5 Å². The molecule has 0 aliphatic rings. The van der Waals surface area contributed by atoms with Crippen molar-refractivity contribution in [2.24, 2.45) is 0 Å². The van der Waals surface area contributed by atoms with Gasteiger partial charge in [0.1, 0.15) is 5.82 Å². The quantitative estimate of drug-likeness (QED) is 0.373. The van der Waals surface area contributed by atoms with Crippen LogP contribution in [0, 0.1) is 11.3 Å². The van der Waals surface area contributed by atoms with Crippen molar-refractivity contribution in [2.75, 3.05) is 0 Å². The first kappa shape index (κ1) is 19.0. The molecule has 0 aliphatic heterocycles. The summed E-state index contributed by atoms with van der Waals surface area (Å²) >= 11 is 5.09. The van der Waals surface area contributed by atoms with E-state index in [4.69, 9.17) is 5.26 Å². The average molecular weight is 424 g/mol. The van der Waals surface area contributed by atoms with Crippen molar-refractivity contribution < 1.29 is 0 Å². The summed E-state index contributed by atoms with van der Waals surface area (Å²) in [5.41, 5.74) is 2.89. The molecular weight excluding hydrogens is 406 g/mol. The van der Waals surface area contributed by atoms with Gasteiger partial charge in [0.25, 0.3) is 0 Å². The first-order valence-electron chi connectivity index (χ1n) is 8.79. The molecule has 0 saturated heterocycles. The van der Waals surface area contributed by atoms with Crippen LogP contribution in [0.1, 0.15) is 23.9 Å². The molecule has 4 aromatic rings. The molecule has 0 atom stereocenters. The van der Waals surface area contributed by atoms with Gasteiger partial charge in [0.05, 0.1) is 27.6 Å². The van der Waals surface area contributed by atoms with Gasteiger partial charge in [-0.2, -0.15) is 5.26 Å². The Labute approximate surface area is 175 Å². The van der Waals surface area contributed by atoms with Gasteiger partial charge >= 0.3 is 0 Å². The maximum Gasteiger partial charge on any atom is 0.191 e. The highest BCUT2D eigenvalue weighted by molar-refractivity contribution is 8.00. The van der Waals surface area contributed by atoms with Gasteiger partial charge in [0.2, 0.25) is 0 Å². The van der Waals surface area contributed by atoms with E-state index in [0.717, 1.165) is 38.9 Å². The van der Waals surface area contributed by atoms with E-state index in [1.165, 1.54) is 10.3 Å². The van der Waals surface area contributed by atoms with E-state index in [0.29, 0.717) is 5.56 Å². The van der Waals surface area contributed by atoms with Crippen molar-refractivity contribution in [3.8, 4) is 6.07 Å². The molecule has 0 aliphatic carbocycles. The fraction of sp³-hybridized carbons (Fsp3) is 0.200. The highest BCUT2D eigenvalue weighted by atomic mass is 32.2. The van der Waals surface area contributed by atoms with Crippen LogP contribution < -0.4 is 0 Å². The number of nitriles is 1. The summed E-state index contributed by atoms with van der Waals surface area (Å²) in [5.74, 6) is 2.52. The zero-order valence-electron chi connectivity index (χ0n) is 15.2. The minimum atomic E-state index is 0.680. The van der Waals surface area contributed by atoms with Gasteiger partial charge in [-0.1, -0.05) is 47.8 Å². The van der Waals surface area contributed by atoms with E-state index in [2.05, 4.69) is 38.8 Å². The van der Waals surface area contributed by atoms with Crippen LogP contribution in [-0.4, -0.2) is 19.7 Å². The lowest BCUT2D eigenvalue weighted by molar-refractivity contribution is 0.659. The van der Waals surface area contributed by atoms with Crippen LogP contribution in [0.4, 0.5) is 0 Å². The highest BCUT2D eigenvalue weighted by Gasteiger charge is 2.13. The van der Waals surface area contributed by atoms with Crippen LogP contribution in [-0.2, 0) is 18.1 Å². The summed E-state index contributed by atoms with van der Waals surface area (Å²) in [6.45, 7) is 2.94. The maximum atomic E-state index is 8.90. The summed E-state index contributed by atoms with van der Waals surface area (Å²) in [4.78, 5) is 4.68. The van der Waals surface area contributed by atoms with E-state index in [1.54, 1.807) is 34.9 Å². The molecule has 8 heteroatoms. The molecule has 4 rings (SSSR count). The lowest BCUT2D eigenvalue weighted by atomic mass is 10.2. The molecule has 0 spiro atoms. The number of nitrogens with zero attached hydrogens (tertiary/aromatic N) is 5. The second-order valence-electron chi connectivity index (χ2n) is 5.98. The number of para-hydroxylation sites is 1. The third-order valence-corrected chi connectivity index (χ3v) is 7.37. The predicted molar refractivity (Wildman–Crippen MR) is 116 cm³/mol. The van der Waals surface area contributed by atoms with E-state index >= 15 is 0 Å². The van der Waals surface area contributed by atoms with Crippen LogP contribution in [0.15, 0.2) is 58.0 Å². The first-order chi connectivity index (χ1) is 13.8.